The Hall–Kier alpha value is -2.68. The third-order valence-corrected chi connectivity index (χ3v) is 5.89. The van der Waals surface area contributed by atoms with Gasteiger partial charge in [0.05, 0.1) is 5.56 Å². The Morgan fingerprint density at radius 1 is 1.00 bits per heavy atom. The van der Waals surface area contributed by atoms with Crippen molar-refractivity contribution in [2.24, 2.45) is 12.5 Å². The van der Waals surface area contributed by atoms with Crippen LogP contribution in [0.15, 0.2) is 40.9 Å². The maximum absolute atomic E-state index is 6.39. The Morgan fingerprint density at radius 3 is 2.37 bits per heavy atom. The number of pyridine rings is 2. The summed E-state index contributed by atoms with van der Waals surface area (Å²) < 4.78 is 8.64. The van der Waals surface area contributed by atoms with E-state index in [1.54, 1.807) is 0 Å². The normalized spacial score (nSPS) is 12.4. The van der Waals surface area contributed by atoms with E-state index in [1.165, 1.54) is 22.4 Å². The van der Waals surface area contributed by atoms with Crippen LogP contribution in [0, 0.1) is 19.3 Å². The molecule has 0 fully saturated rings. The molecule has 1 aromatic carbocycles. The second-order valence-corrected chi connectivity index (χ2v) is 10.2. The van der Waals surface area contributed by atoms with Crippen molar-refractivity contribution in [1.29, 1.82) is 0 Å². The first kappa shape index (κ1) is 20.6. The van der Waals surface area contributed by atoms with Crippen molar-refractivity contribution in [2.75, 3.05) is 0 Å². The van der Waals surface area contributed by atoms with Crippen LogP contribution in [0.4, 0.5) is 0 Å². The predicted octanol–water partition coefficient (Wildman–Crippen LogP) is 6.80. The fraction of sp³-hybridized carbons (Fsp3) is 0.407. The summed E-state index contributed by atoms with van der Waals surface area (Å²) in [6.07, 6.45) is 3.34. The fourth-order valence-electron chi connectivity index (χ4n) is 4.28. The molecule has 0 amide bonds. The molecule has 0 unspecified atom stereocenters. The average molecular weight is 402 g/mol. The topological polar surface area (TPSA) is 29.9 Å². The zero-order valence-corrected chi connectivity index (χ0v) is 19.6. The highest BCUT2D eigenvalue weighted by atomic mass is 16.3. The van der Waals surface area contributed by atoms with Gasteiger partial charge < -0.3 is 4.42 Å². The van der Waals surface area contributed by atoms with Gasteiger partial charge in [-0.05, 0) is 54.9 Å². The molecule has 30 heavy (non-hydrogen) atoms. The van der Waals surface area contributed by atoms with E-state index >= 15 is 0 Å². The van der Waals surface area contributed by atoms with Gasteiger partial charge in [-0.15, -0.1) is 0 Å². The van der Waals surface area contributed by atoms with Crippen molar-refractivity contribution in [3.05, 3.63) is 58.9 Å². The molecule has 0 saturated heterocycles. The third kappa shape index (κ3) is 3.62. The predicted molar refractivity (Wildman–Crippen MR) is 125 cm³/mol. The summed E-state index contributed by atoms with van der Waals surface area (Å²) in [7, 11) is 2.14. The summed E-state index contributed by atoms with van der Waals surface area (Å²) in [5.74, 6) is 0.375. The lowest BCUT2D eigenvalue weighted by Crippen LogP contribution is -2.32. The summed E-state index contributed by atoms with van der Waals surface area (Å²) in [5, 5.41) is 2.21. The van der Waals surface area contributed by atoms with Crippen LogP contribution in [0.1, 0.15) is 62.9 Å². The molecule has 0 aliphatic heterocycles. The number of hydrogen-bond donors (Lipinski definition) is 0. The van der Waals surface area contributed by atoms with Crippen molar-refractivity contribution >= 4 is 22.1 Å². The highest BCUT2D eigenvalue weighted by Gasteiger charge is 2.24. The van der Waals surface area contributed by atoms with E-state index in [2.05, 4.69) is 96.6 Å². The molecule has 0 saturated carbocycles. The van der Waals surface area contributed by atoms with Crippen LogP contribution in [-0.4, -0.2) is 4.98 Å². The fourth-order valence-corrected chi connectivity index (χ4v) is 4.28. The minimum absolute atomic E-state index is 0.258. The van der Waals surface area contributed by atoms with Gasteiger partial charge in [0.15, 0.2) is 11.8 Å². The number of rotatable bonds is 3. The van der Waals surface area contributed by atoms with Gasteiger partial charge in [-0.2, -0.15) is 0 Å². The van der Waals surface area contributed by atoms with E-state index in [0.717, 1.165) is 39.7 Å². The maximum atomic E-state index is 6.39. The number of hydrogen-bond acceptors (Lipinski definition) is 2. The maximum Gasteiger partial charge on any atom is 0.227 e. The van der Waals surface area contributed by atoms with E-state index in [9.17, 15) is 0 Å². The molecular weight excluding hydrogens is 368 g/mol. The Morgan fingerprint density at radius 2 is 1.70 bits per heavy atom. The first-order valence-corrected chi connectivity index (χ1v) is 10.9. The van der Waals surface area contributed by atoms with Gasteiger partial charge in [-0.1, -0.05) is 46.8 Å². The molecule has 0 aliphatic rings. The number of aryl methyl sites for hydroxylation is 3. The monoisotopic (exact) mass is 401 g/mol. The molecule has 3 heteroatoms. The molecule has 0 radical (unpaired) electrons. The molecule has 4 rings (SSSR count). The number of fused-ring (bicyclic) bond motifs is 3. The van der Waals surface area contributed by atoms with Crippen molar-refractivity contribution in [2.45, 2.75) is 60.8 Å². The zero-order chi connectivity index (χ0) is 21.8. The van der Waals surface area contributed by atoms with Gasteiger partial charge in [0.2, 0.25) is 11.4 Å². The van der Waals surface area contributed by atoms with Crippen molar-refractivity contribution in [3.8, 4) is 11.3 Å². The van der Waals surface area contributed by atoms with Crippen LogP contribution in [0.3, 0.4) is 0 Å². The van der Waals surface area contributed by atoms with Crippen LogP contribution in [0.25, 0.3) is 33.3 Å². The molecule has 0 bridgehead atoms. The zero-order valence-electron chi connectivity index (χ0n) is 19.6. The van der Waals surface area contributed by atoms with Crippen molar-refractivity contribution in [3.63, 3.8) is 0 Å². The first-order valence-electron chi connectivity index (χ1n) is 10.9. The quantitative estimate of drug-likeness (QED) is 0.353. The second-order valence-electron chi connectivity index (χ2n) is 10.2. The molecule has 4 aromatic rings. The number of nitrogens with zero attached hydrogens (tertiary/aromatic N) is 2. The average Bonchev–Trinajstić information content (AvgIpc) is 3.01. The van der Waals surface area contributed by atoms with Gasteiger partial charge in [-0.25, -0.2) is 9.55 Å². The standard InChI is InChI=1S/C27H33N2O/c1-16(2)22-12-11-21-20-10-9-17(3)24(25(20)30-26(21)28-22)23-13-18(4)19(15-29(23)8)14-27(5,6)7/h9-13,15-16H,14H2,1-8H3/q+1. The van der Waals surface area contributed by atoms with Crippen LogP contribution in [-0.2, 0) is 13.5 Å². The number of benzene rings is 1. The lowest BCUT2D eigenvalue weighted by atomic mass is 9.86. The largest absolute Gasteiger partial charge is 0.437 e. The third-order valence-electron chi connectivity index (χ3n) is 5.89. The van der Waals surface area contributed by atoms with Crippen LogP contribution in [0.5, 0.6) is 0 Å². The molecule has 3 aromatic heterocycles. The van der Waals surface area contributed by atoms with Gasteiger partial charge >= 0.3 is 0 Å². The molecule has 0 N–H and O–H groups in total. The van der Waals surface area contributed by atoms with Crippen LogP contribution >= 0.6 is 0 Å². The van der Waals surface area contributed by atoms with Crippen LogP contribution in [0.2, 0.25) is 0 Å². The Kier molecular flexibility index (Phi) is 4.96. The van der Waals surface area contributed by atoms with Crippen molar-refractivity contribution in [1.82, 2.24) is 4.98 Å². The summed E-state index contributed by atoms with van der Waals surface area (Å²) in [6.45, 7) is 15.6. The van der Waals surface area contributed by atoms with Gasteiger partial charge in [0, 0.05) is 28.1 Å². The summed E-state index contributed by atoms with van der Waals surface area (Å²) in [5.41, 5.74) is 9.24. The lowest BCUT2D eigenvalue weighted by Gasteiger charge is -2.19. The van der Waals surface area contributed by atoms with E-state index in [0.29, 0.717) is 5.92 Å². The Balaban J connectivity index is 1.95. The van der Waals surface area contributed by atoms with Gasteiger partial charge in [-0.3, -0.25) is 0 Å². The molecule has 0 spiro atoms. The van der Waals surface area contributed by atoms with Crippen molar-refractivity contribution < 1.29 is 8.98 Å². The minimum Gasteiger partial charge on any atom is -0.437 e. The highest BCUT2D eigenvalue weighted by molar-refractivity contribution is 6.08. The minimum atomic E-state index is 0.258. The molecule has 3 nitrogen and oxygen atoms in total. The van der Waals surface area contributed by atoms with E-state index in [4.69, 9.17) is 9.40 Å². The lowest BCUT2D eigenvalue weighted by molar-refractivity contribution is -0.660. The first-order chi connectivity index (χ1) is 14.0. The molecule has 0 aliphatic carbocycles. The number of aromatic nitrogens is 2. The van der Waals surface area contributed by atoms with Crippen LogP contribution < -0.4 is 4.57 Å². The second kappa shape index (κ2) is 7.23. The van der Waals surface area contributed by atoms with E-state index in [1.807, 2.05) is 0 Å². The molecule has 0 atom stereocenters. The smallest absolute Gasteiger partial charge is 0.227 e. The molecule has 156 valence electrons. The molecular formula is C27H33N2O+. The number of furan rings is 1. The summed E-state index contributed by atoms with van der Waals surface area (Å²) in [6, 6.07) is 10.9. The van der Waals surface area contributed by atoms with Gasteiger partial charge in [0.25, 0.3) is 0 Å². The van der Waals surface area contributed by atoms with E-state index < -0.39 is 0 Å². The Bertz CT molecular complexity index is 1260. The summed E-state index contributed by atoms with van der Waals surface area (Å²) in [4.78, 5) is 4.80. The van der Waals surface area contributed by atoms with Gasteiger partial charge in [0.1, 0.15) is 7.05 Å². The molecule has 3 heterocycles. The summed E-state index contributed by atoms with van der Waals surface area (Å²) >= 11 is 0. The SMILES string of the molecule is Cc1cc(-c2c(C)ccc3c2oc2nc(C(C)C)ccc23)[n+](C)cc1CC(C)(C)C. The Labute approximate surface area is 179 Å². The highest BCUT2D eigenvalue weighted by Crippen LogP contribution is 2.37. The van der Waals surface area contributed by atoms with E-state index in [-0.39, 0.29) is 5.41 Å².